The van der Waals surface area contributed by atoms with Crippen LogP contribution in [0.15, 0.2) is 28.0 Å². The van der Waals surface area contributed by atoms with Gasteiger partial charge in [0.1, 0.15) is 5.69 Å². The molecule has 0 aliphatic carbocycles. The summed E-state index contributed by atoms with van der Waals surface area (Å²) in [5.74, 6) is 0.105. The van der Waals surface area contributed by atoms with Gasteiger partial charge in [-0.1, -0.05) is 23.3 Å². The summed E-state index contributed by atoms with van der Waals surface area (Å²) in [4.78, 5) is 16.3. The third kappa shape index (κ3) is 3.62. The molecule has 1 N–H and O–H groups in total. The Morgan fingerprint density at radius 1 is 1.22 bits per heavy atom. The van der Waals surface area contributed by atoms with Crippen LogP contribution in [-0.4, -0.2) is 21.1 Å². The quantitative estimate of drug-likeness (QED) is 0.795. The van der Waals surface area contributed by atoms with Crippen LogP contribution >= 0.6 is 11.3 Å². The number of thiazole rings is 1. The fraction of sp³-hybridized carbons (Fsp3) is 0.250. The van der Waals surface area contributed by atoms with E-state index in [0.29, 0.717) is 11.6 Å². The average Bonchev–Trinajstić information content (AvgIpc) is 3.12. The molecule has 0 fully saturated rings. The van der Waals surface area contributed by atoms with Crippen molar-refractivity contribution in [3.63, 3.8) is 0 Å². The van der Waals surface area contributed by atoms with Crippen molar-refractivity contribution in [1.82, 2.24) is 15.2 Å². The highest BCUT2D eigenvalue weighted by atomic mass is 32.1. The Labute approximate surface area is 137 Å². The molecule has 0 bridgehead atoms. The summed E-state index contributed by atoms with van der Waals surface area (Å²) >= 11 is 1.50. The molecule has 0 spiro atoms. The van der Waals surface area contributed by atoms with E-state index in [0.717, 1.165) is 16.1 Å². The SMILES string of the molecule is Cc1nc(-c2nnc(NC(=O)Cc3ccc(C)c(C)c3)o2)cs1. The van der Waals surface area contributed by atoms with Gasteiger partial charge in [0.05, 0.1) is 11.4 Å². The number of aryl methyl sites for hydroxylation is 3. The lowest BCUT2D eigenvalue weighted by Gasteiger charge is -2.04. The van der Waals surface area contributed by atoms with E-state index in [-0.39, 0.29) is 18.3 Å². The summed E-state index contributed by atoms with van der Waals surface area (Å²) in [6.07, 6.45) is 0.259. The van der Waals surface area contributed by atoms with E-state index in [1.165, 1.54) is 16.9 Å². The van der Waals surface area contributed by atoms with Gasteiger partial charge in [-0.15, -0.1) is 16.4 Å². The van der Waals surface area contributed by atoms with Gasteiger partial charge in [-0.2, -0.15) is 0 Å². The van der Waals surface area contributed by atoms with Crippen molar-refractivity contribution in [2.75, 3.05) is 5.32 Å². The van der Waals surface area contributed by atoms with Gasteiger partial charge < -0.3 is 4.42 Å². The molecule has 1 amide bonds. The normalized spacial score (nSPS) is 10.7. The van der Waals surface area contributed by atoms with Crippen LogP contribution in [0.2, 0.25) is 0 Å². The Bertz CT molecular complexity index is 853. The van der Waals surface area contributed by atoms with Gasteiger partial charge in [0.15, 0.2) is 0 Å². The summed E-state index contributed by atoms with van der Waals surface area (Å²) in [7, 11) is 0. The second-order valence-corrected chi connectivity index (χ2v) is 6.37. The van der Waals surface area contributed by atoms with Crippen molar-refractivity contribution in [1.29, 1.82) is 0 Å². The van der Waals surface area contributed by atoms with Gasteiger partial charge in [0.25, 0.3) is 5.89 Å². The van der Waals surface area contributed by atoms with E-state index < -0.39 is 0 Å². The second kappa shape index (κ2) is 6.29. The molecular formula is C16H16N4O2S. The predicted molar refractivity (Wildman–Crippen MR) is 88.4 cm³/mol. The molecule has 7 heteroatoms. The molecule has 6 nitrogen and oxygen atoms in total. The zero-order valence-electron chi connectivity index (χ0n) is 13.1. The first kappa shape index (κ1) is 15.4. The number of amides is 1. The maximum Gasteiger partial charge on any atom is 0.322 e. The van der Waals surface area contributed by atoms with Crippen LogP contribution in [0.4, 0.5) is 6.01 Å². The van der Waals surface area contributed by atoms with Crippen LogP contribution in [0.25, 0.3) is 11.6 Å². The van der Waals surface area contributed by atoms with Gasteiger partial charge in [0, 0.05) is 5.38 Å². The lowest BCUT2D eigenvalue weighted by molar-refractivity contribution is -0.115. The molecule has 0 aliphatic rings. The van der Waals surface area contributed by atoms with E-state index in [9.17, 15) is 4.79 Å². The van der Waals surface area contributed by atoms with Crippen LogP contribution in [0.5, 0.6) is 0 Å². The van der Waals surface area contributed by atoms with Crippen molar-refractivity contribution in [3.05, 3.63) is 45.3 Å². The average molecular weight is 328 g/mol. The predicted octanol–water partition coefficient (Wildman–Crippen LogP) is 3.30. The highest BCUT2D eigenvalue weighted by Crippen LogP contribution is 2.21. The summed E-state index contributed by atoms with van der Waals surface area (Å²) in [5, 5.41) is 13.1. The lowest BCUT2D eigenvalue weighted by Crippen LogP contribution is -2.14. The number of aromatic nitrogens is 3. The summed E-state index contributed by atoms with van der Waals surface area (Å²) < 4.78 is 5.42. The Hall–Kier alpha value is -2.54. The minimum Gasteiger partial charge on any atom is -0.401 e. The standard InChI is InChI=1S/C16H16N4O2S/c1-9-4-5-12(6-10(9)2)7-14(21)18-16-20-19-15(22-16)13-8-23-11(3)17-13/h4-6,8H,7H2,1-3H3,(H,18,20,21). The molecule has 0 saturated heterocycles. The summed E-state index contributed by atoms with van der Waals surface area (Å²) in [6, 6.07) is 6.04. The molecule has 0 atom stereocenters. The first-order valence-corrected chi connectivity index (χ1v) is 8.01. The van der Waals surface area contributed by atoms with Crippen molar-refractivity contribution in [2.45, 2.75) is 27.2 Å². The van der Waals surface area contributed by atoms with E-state index in [4.69, 9.17) is 4.42 Å². The minimum atomic E-state index is -0.196. The smallest absolute Gasteiger partial charge is 0.322 e. The fourth-order valence-electron chi connectivity index (χ4n) is 2.10. The van der Waals surface area contributed by atoms with E-state index in [2.05, 4.69) is 20.5 Å². The Morgan fingerprint density at radius 3 is 2.74 bits per heavy atom. The van der Waals surface area contributed by atoms with Crippen LogP contribution in [0.3, 0.4) is 0 Å². The van der Waals surface area contributed by atoms with Gasteiger partial charge in [-0.3, -0.25) is 10.1 Å². The minimum absolute atomic E-state index is 0.0829. The van der Waals surface area contributed by atoms with Gasteiger partial charge >= 0.3 is 6.01 Å². The molecule has 23 heavy (non-hydrogen) atoms. The number of hydrogen-bond donors (Lipinski definition) is 1. The Kier molecular flexibility index (Phi) is 4.20. The molecule has 2 heterocycles. The monoisotopic (exact) mass is 328 g/mol. The number of hydrogen-bond acceptors (Lipinski definition) is 6. The maximum absolute atomic E-state index is 12.1. The first-order chi connectivity index (χ1) is 11.0. The Balaban J connectivity index is 1.66. The van der Waals surface area contributed by atoms with Crippen LogP contribution < -0.4 is 5.32 Å². The first-order valence-electron chi connectivity index (χ1n) is 7.13. The van der Waals surface area contributed by atoms with Crippen molar-refractivity contribution >= 4 is 23.3 Å². The number of rotatable bonds is 4. The highest BCUT2D eigenvalue weighted by molar-refractivity contribution is 7.09. The molecule has 2 aromatic heterocycles. The molecule has 3 aromatic rings. The largest absolute Gasteiger partial charge is 0.401 e. The number of nitrogens with zero attached hydrogens (tertiary/aromatic N) is 3. The van der Waals surface area contributed by atoms with E-state index >= 15 is 0 Å². The number of anilines is 1. The van der Waals surface area contributed by atoms with Crippen LogP contribution in [0, 0.1) is 20.8 Å². The van der Waals surface area contributed by atoms with Crippen LogP contribution in [0.1, 0.15) is 21.7 Å². The molecule has 3 rings (SSSR count). The molecule has 0 aliphatic heterocycles. The zero-order chi connectivity index (χ0) is 16.4. The van der Waals surface area contributed by atoms with Gasteiger partial charge in [-0.05, 0) is 37.5 Å². The van der Waals surface area contributed by atoms with Gasteiger partial charge in [0.2, 0.25) is 5.91 Å². The third-order valence-corrected chi connectivity index (χ3v) is 4.22. The van der Waals surface area contributed by atoms with Gasteiger partial charge in [-0.25, -0.2) is 4.98 Å². The number of nitrogens with one attached hydrogen (secondary N) is 1. The molecule has 1 aromatic carbocycles. The molecule has 118 valence electrons. The van der Waals surface area contributed by atoms with E-state index in [1.807, 2.05) is 44.4 Å². The lowest BCUT2D eigenvalue weighted by atomic mass is 10.0. The van der Waals surface area contributed by atoms with E-state index in [1.54, 1.807) is 0 Å². The Morgan fingerprint density at radius 2 is 2.04 bits per heavy atom. The summed E-state index contributed by atoms with van der Waals surface area (Å²) in [6.45, 7) is 5.97. The van der Waals surface area contributed by atoms with Crippen molar-refractivity contribution < 1.29 is 9.21 Å². The number of carbonyl (C=O) groups excluding carboxylic acids is 1. The maximum atomic E-state index is 12.1. The van der Waals surface area contributed by atoms with Crippen LogP contribution in [-0.2, 0) is 11.2 Å². The topological polar surface area (TPSA) is 80.9 Å². The summed E-state index contributed by atoms with van der Waals surface area (Å²) in [5.41, 5.74) is 3.93. The zero-order valence-corrected chi connectivity index (χ0v) is 13.9. The van der Waals surface area contributed by atoms with Crippen molar-refractivity contribution in [2.24, 2.45) is 0 Å². The second-order valence-electron chi connectivity index (χ2n) is 5.31. The third-order valence-electron chi connectivity index (χ3n) is 3.45. The molecule has 0 unspecified atom stereocenters. The molecule has 0 radical (unpaired) electrons. The fourth-order valence-corrected chi connectivity index (χ4v) is 2.69. The molecular weight excluding hydrogens is 312 g/mol. The highest BCUT2D eigenvalue weighted by Gasteiger charge is 2.13. The number of carbonyl (C=O) groups is 1. The molecule has 0 saturated carbocycles. The number of benzene rings is 1. The van der Waals surface area contributed by atoms with Crippen molar-refractivity contribution in [3.8, 4) is 11.6 Å².